The minimum atomic E-state index is 0.741. The van der Waals surface area contributed by atoms with E-state index in [1.165, 1.54) is 24.8 Å². The third-order valence-electron chi connectivity index (χ3n) is 3.49. The van der Waals surface area contributed by atoms with Gasteiger partial charge in [-0.3, -0.25) is 4.99 Å². The van der Waals surface area contributed by atoms with Gasteiger partial charge in [-0.25, -0.2) is 0 Å². The number of benzene rings is 1. The number of aliphatic imine (C=N–C) groups is 1. The molecule has 0 heterocycles. The quantitative estimate of drug-likeness (QED) is 0.610. The predicted molar refractivity (Wildman–Crippen MR) is 76.8 cm³/mol. The van der Waals surface area contributed by atoms with Crippen LogP contribution in [0.4, 0.5) is 0 Å². The number of rotatable bonds is 7. The highest BCUT2D eigenvalue weighted by Crippen LogP contribution is 2.20. The highest BCUT2D eigenvalue weighted by Gasteiger charge is 2.13. The molecule has 1 aromatic carbocycles. The topological polar surface area (TPSA) is 12.4 Å². The first kappa shape index (κ1) is 14.0. The number of hydrogen-bond acceptors (Lipinski definition) is 1. The molecular formula is C16H25N. The van der Waals surface area contributed by atoms with Crippen molar-refractivity contribution in [2.45, 2.75) is 40.0 Å². The molecule has 2 atom stereocenters. The number of nitrogens with zero attached hydrogens (tertiary/aromatic N) is 1. The minimum Gasteiger partial charge on any atom is -0.292 e. The maximum absolute atomic E-state index is 4.60. The van der Waals surface area contributed by atoms with Gasteiger partial charge in [0.15, 0.2) is 0 Å². The molecule has 1 nitrogen and oxygen atoms in total. The summed E-state index contributed by atoms with van der Waals surface area (Å²) in [4.78, 5) is 4.60. The highest BCUT2D eigenvalue weighted by molar-refractivity contribution is 5.79. The molecule has 1 aromatic rings. The van der Waals surface area contributed by atoms with Crippen LogP contribution in [0, 0.1) is 11.8 Å². The molecule has 2 unspecified atom stereocenters. The molecule has 1 heteroatoms. The summed E-state index contributed by atoms with van der Waals surface area (Å²) in [5.41, 5.74) is 1.20. The second-order valence-corrected chi connectivity index (χ2v) is 4.84. The van der Waals surface area contributed by atoms with Crippen molar-refractivity contribution in [2.75, 3.05) is 6.54 Å². The Labute approximate surface area is 106 Å². The van der Waals surface area contributed by atoms with Crippen molar-refractivity contribution in [3.8, 4) is 0 Å². The van der Waals surface area contributed by atoms with Crippen LogP contribution >= 0.6 is 0 Å². The lowest BCUT2D eigenvalue weighted by atomic mass is 9.88. The molecule has 0 aromatic heterocycles. The summed E-state index contributed by atoms with van der Waals surface area (Å²) in [6.45, 7) is 7.85. The van der Waals surface area contributed by atoms with Gasteiger partial charge < -0.3 is 0 Å². The van der Waals surface area contributed by atoms with Crippen LogP contribution in [-0.2, 0) is 0 Å². The normalized spacial score (nSPS) is 15.0. The zero-order valence-electron chi connectivity index (χ0n) is 11.4. The van der Waals surface area contributed by atoms with Gasteiger partial charge in [-0.15, -0.1) is 0 Å². The van der Waals surface area contributed by atoms with Crippen molar-refractivity contribution < 1.29 is 0 Å². The second kappa shape index (κ2) is 8.05. The first-order chi connectivity index (χ1) is 8.27. The molecule has 0 aliphatic carbocycles. The summed E-state index contributed by atoms with van der Waals surface area (Å²) >= 11 is 0. The molecule has 0 aliphatic heterocycles. The van der Waals surface area contributed by atoms with Crippen LogP contribution < -0.4 is 0 Å². The SMILES string of the molecule is CCCC(CN=Cc1ccccc1)C(C)CC. The van der Waals surface area contributed by atoms with Crippen molar-refractivity contribution >= 4 is 6.21 Å². The van der Waals surface area contributed by atoms with Crippen LogP contribution in [0.15, 0.2) is 35.3 Å². The number of hydrogen-bond donors (Lipinski definition) is 0. The van der Waals surface area contributed by atoms with Crippen molar-refractivity contribution in [2.24, 2.45) is 16.8 Å². The summed E-state index contributed by atoms with van der Waals surface area (Å²) < 4.78 is 0. The van der Waals surface area contributed by atoms with Crippen LogP contribution in [0.1, 0.15) is 45.6 Å². The molecule has 1 rings (SSSR count). The molecule has 17 heavy (non-hydrogen) atoms. The third-order valence-corrected chi connectivity index (χ3v) is 3.49. The lowest BCUT2D eigenvalue weighted by molar-refractivity contribution is 0.334. The fourth-order valence-electron chi connectivity index (χ4n) is 2.09. The van der Waals surface area contributed by atoms with E-state index in [0.29, 0.717) is 0 Å². The van der Waals surface area contributed by atoms with E-state index >= 15 is 0 Å². The monoisotopic (exact) mass is 231 g/mol. The maximum atomic E-state index is 4.60. The van der Waals surface area contributed by atoms with Crippen LogP contribution in [0.3, 0.4) is 0 Å². The average molecular weight is 231 g/mol. The lowest BCUT2D eigenvalue weighted by Gasteiger charge is -2.20. The summed E-state index contributed by atoms with van der Waals surface area (Å²) in [5.74, 6) is 1.52. The van der Waals surface area contributed by atoms with Gasteiger partial charge in [-0.1, -0.05) is 63.9 Å². The Bertz CT molecular complexity index is 316. The van der Waals surface area contributed by atoms with Gasteiger partial charge >= 0.3 is 0 Å². The molecule has 0 N–H and O–H groups in total. The van der Waals surface area contributed by atoms with E-state index in [0.717, 1.165) is 18.4 Å². The van der Waals surface area contributed by atoms with E-state index in [1.807, 2.05) is 12.3 Å². The van der Waals surface area contributed by atoms with Crippen molar-refractivity contribution in [3.63, 3.8) is 0 Å². The average Bonchev–Trinajstić information content (AvgIpc) is 2.38. The molecule has 0 spiro atoms. The Morgan fingerprint density at radius 2 is 1.88 bits per heavy atom. The Balaban J connectivity index is 2.48. The Kier molecular flexibility index (Phi) is 6.61. The van der Waals surface area contributed by atoms with Crippen LogP contribution in [0.2, 0.25) is 0 Å². The summed E-state index contributed by atoms with van der Waals surface area (Å²) in [6.07, 6.45) is 5.81. The Morgan fingerprint density at radius 1 is 1.18 bits per heavy atom. The Morgan fingerprint density at radius 3 is 2.47 bits per heavy atom. The maximum Gasteiger partial charge on any atom is 0.0420 e. The first-order valence-corrected chi connectivity index (χ1v) is 6.82. The lowest BCUT2D eigenvalue weighted by Crippen LogP contribution is -2.14. The predicted octanol–water partition coefficient (Wildman–Crippen LogP) is 4.57. The Hall–Kier alpha value is -1.11. The molecule has 0 bridgehead atoms. The van der Waals surface area contributed by atoms with Gasteiger partial charge in [0.1, 0.15) is 0 Å². The van der Waals surface area contributed by atoms with Gasteiger partial charge in [0.2, 0.25) is 0 Å². The van der Waals surface area contributed by atoms with Crippen molar-refractivity contribution in [3.05, 3.63) is 35.9 Å². The standard InChI is InChI=1S/C16H25N/c1-4-9-16(14(3)5-2)13-17-12-15-10-7-6-8-11-15/h6-8,10-12,14,16H,4-5,9,13H2,1-3H3. The fraction of sp³-hybridized carbons (Fsp3) is 0.562. The molecule has 0 amide bonds. The van der Waals surface area contributed by atoms with E-state index in [-0.39, 0.29) is 0 Å². The van der Waals surface area contributed by atoms with Crippen LogP contribution in [-0.4, -0.2) is 12.8 Å². The van der Waals surface area contributed by atoms with Crippen LogP contribution in [0.25, 0.3) is 0 Å². The zero-order valence-corrected chi connectivity index (χ0v) is 11.4. The van der Waals surface area contributed by atoms with Crippen molar-refractivity contribution in [1.82, 2.24) is 0 Å². The summed E-state index contributed by atoms with van der Waals surface area (Å²) in [6, 6.07) is 10.3. The van der Waals surface area contributed by atoms with Crippen LogP contribution in [0.5, 0.6) is 0 Å². The first-order valence-electron chi connectivity index (χ1n) is 6.82. The fourth-order valence-corrected chi connectivity index (χ4v) is 2.09. The third kappa shape index (κ3) is 5.16. The van der Waals surface area contributed by atoms with E-state index in [1.54, 1.807) is 0 Å². The van der Waals surface area contributed by atoms with E-state index in [4.69, 9.17) is 0 Å². The second-order valence-electron chi connectivity index (χ2n) is 4.84. The van der Waals surface area contributed by atoms with Gasteiger partial charge in [0, 0.05) is 12.8 Å². The van der Waals surface area contributed by atoms with Crippen molar-refractivity contribution in [1.29, 1.82) is 0 Å². The molecule has 0 aliphatic rings. The molecule has 94 valence electrons. The summed E-state index contributed by atoms with van der Waals surface area (Å²) in [5, 5.41) is 0. The minimum absolute atomic E-state index is 0.741. The highest BCUT2D eigenvalue weighted by atomic mass is 14.7. The smallest absolute Gasteiger partial charge is 0.0420 e. The van der Waals surface area contributed by atoms with E-state index < -0.39 is 0 Å². The molecule has 0 radical (unpaired) electrons. The molecule has 0 saturated heterocycles. The van der Waals surface area contributed by atoms with E-state index in [9.17, 15) is 0 Å². The van der Waals surface area contributed by atoms with Gasteiger partial charge in [0.25, 0.3) is 0 Å². The zero-order chi connectivity index (χ0) is 12.5. The molecule has 0 fully saturated rings. The molecular weight excluding hydrogens is 206 g/mol. The van der Waals surface area contributed by atoms with E-state index in [2.05, 4.69) is 50.0 Å². The summed E-state index contributed by atoms with van der Waals surface area (Å²) in [7, 11) is 0. The van der Waals surface area contributed by atoms with Gasteiger partial charge in [0.05, 0.1) is 0 Å². The van der Waals surface area contributed by atoms with Gasteiger partial charge in [-0.05, 0) is 23.8 Å². The van der Waals surface area contributed by atoms with Gasteiger partial charge in [-0.2, -0.15) is 0 Å². The molecule has 0 saturated carbocycles. The largest absolute Gasteiger partial charge is 0.292 e.